The summed E-state index contributed by atoms with van der Waals surface area (Å²) in [5, 5.41) is 15.8. The molecule has 0 spiro atoms. The van der Waals surface area contributed by atoms with E-state index in [1.54, 1.807) is 28.4 Å². The monoisotopic (exact) mass is 466 g/mol. The Balaban J connectivity index is 1.36. The minimum atomic E-state index is -0.710. The van der Waals surface area contributed by atoms with E-state index in [2.05, 4.69) is 20.6 Å². The predicted octanol–water partition coefficient (Wildman–Crippen LogP) is 4.06. The Hall–Kier alpha value is -3.99. The van der Waals surface area contributed by atoms with Crippen LogP contribution in [0, 0.1) is 11.6 Å². The number of benzene rings is 2. The summed E-state index contributed by atoms with van der Waals surface area (Å²) in [6.07, 6.45) is 3.52. The number of nitrogens with zero attached hydrogens (tertiary/aromatic N) is 5. The van der Waals surface area contributed by atoms with Crippen LogP contribution in [-0.4, -0.2) is 43.0 Å². The molecule has 0 bridgehead atoms. The Labute approximate surface area is 190 Å². The molecule has 0 atom stereocenters. The van der Waals surface area contributed by atoms with Crippen LogP contribution in [0.15, 0.2) is 66.1 Å². The zero-order valence-electron chi connectivity index (χ0n) is 17.2. The first-order valence-electron chi connectivity index (χ1n) is 9.77. The van der Waals surface area contributed by atoms with Crippen molar-refractivity contribution >= 4 is 34.5 Å². The Morgan fingerprint density at radius 3 is 2.70 bits per heavy atom. The van der Waals surface area contributed by atoms with Gasteiger partial charge in [0.15, 0.2) is 10.8 Å². The molecule has 8 nitrogen and oxygen atoms in total. The third-order valence-corrected chi connectivity index (χ3v) is 5.85. The number of nitrogens with one attached hydrogen (secondary N) is 1. The van der Waals surface area contributed by atoms with Crippen molar-refractivity contribution in [1.29, 1.82) is 0 Å². The molecule has 5 rings (SSSR count). The lowest BCUT2D eigenvalue weighted by Gasteiger charge is -2.06. The molecule has 3 heterocycles. The molecule has 0 saturated carbocycles. The van der Waals surface area contributed by atoms with Crippen molar-refractivity contribution in [2.24, 2.45) is 0 Å². The second-order valence-corrected chi connectivity index (χ2v) is 7.97. The van der Waals surface area contributed by atoms with E-state index >= 15 is 0 Å². The van der Waals surface area contributed by atoms with Gasteiger partial charge in [-0.2, -0.15) is 5.10 Å². The quantitative estimate of drug-likeness (QED) is 0.380. The fourth-order valence-electron chi connectivity index (χ4n) is 3.30. The maximum absolute atomic E-state index is 13.7. The molecule has 1 amide bonds. The SMILES string of the molecule is COc1ccc(-c2cc3c4nnc(SCC(=O)Nc5cc(F)ccc5F)n4ccn3n2)cc1. The van der Waals surface area contributed by atoms with E-state index in [0.29, 0.717) is 10.8 Å². The van der Waals surface area contributed by atoms with Crippen molar-refractivity contribution in [2.45, 2.75) is 5.16 Å². The highest BCUT2D eigenvalue weighted by molar-refractivity contribution is 7.99. The highest BCUT2D eigenvalue weighted by Crippen LogP contribution is 2.26. The van der Waals surface area contributed by atoms with E-state index in [4.69, 9.17) is 4.74 Å². The second-order valence-electron chi connectivity index (χ2n) is 7.02. The van der Waals surface area contributed by atoms with Gasteiger partial charge in [0.25, 0.3) is 0 Å². The van der Waals surface area contributed by atoms with Gasteiger partial charge in [-0.3, -0.25) is 9.20 Å². The lowest BCUT2D eigenvalue weighted by atomic mass is 10.1. The van der Waals surface area contributed by atoms with Crippen LogP contribution in [0.4, 0.5) is 14.5 Å². The largest absolute Gasteiger partial charge is 0.497 e. The van der Waals surface area contributed by atoms with Crippen molar-refractivity contribution in [3.05, 3.63) is 72.6 Å². The number of methoxy groups -OCH3 is 1. The van der Waals surface area contributed by atoms with Crippen molar-refractivity contribution in [1.82, 2.24) is 24.2 Å². The number of ether oxygens (including phenoxy) is 1. The van der Waals surface area contributed by atoms with E-state index in [-0.39, 0.29) is 11.4 Å². The molecule has 0 unspecified atom stereocenters. The summed E-state index contributed by atoms with van der Waals surface area (Å²) in [5.74, 6) is -1.14. The maximum atomic E-state index is 13.7. The molecule has 33 heavy (non-hydrogen) atoms. The number of carbonyl (C=O) groups excluding carboxylic acids is 1. The first-order valence-corrected chi connectivity index (χ1v) is 10.8. The number of amides is 1. The average Bonchev–Trinajstić information content (AvgIpc) is 3.44. The Kier molecular flexibility index (Phi) is 5.38. The van der Waals surface area contributed by atoms with Gasteiger partial charge in [-0.05, 0) is 42.5 Å². The molecular formula is C22H16F2N6O2S. The van der Waals surface area contributed by atoms with Crippen molar-refractivity contribution in [2.75, 3.05) is 18.2 Å². The Morgan fingerprint density at radius 2 is 1.91 bits per heavy atom. The van der Waals surface area contributed by atoms with Crippen LogP contribution in [0.25, 0.3) is 22.4 Å². The molecular weight excluding hydrogens is 450 g/mol. The molecule has 5 aromatic rings. The van der Waals surface area contributed by atoms with Gasteiger partial charge in [-0.25, -0.2) is 13.3 Å². The minimum Gasteiger partial charge on any atom is -0.497 e. The number of rotatable bonds is 6. The number of hydrogen-bond acceptors (Lipinski definition) is 6. The van der Waals surface area contributed by atoms with Gasteiger partial charge >= 0.3 is 0 Å². The molecule has 11 heteroatoms. The van der Waals surface area contributed by atoms with E-state index in [0.717, 1.165) is 52.5 Å². The third-order valence-electron chi connectivity index (χ3n) is 4.91. The van der Waals surface area contributed by atoms with Crippen LogP contribution in [0.3, 0.4) is 0 Å². The zero-order chi connectivity index (χ0) is 22.9. The summed E-state index contributed by atoms with van der Waals surface area (Å²) in [6.45, 7) is 0. The topological polar surface area (TPSA) is 85.8 Å². The summed E-state index contributed by atoms with van der Waals surface area (Å²) in [5.41, 5.74) is 2.80. The molecule has 0 aliphatic rings. The van der Waals surface area contributed by atoms with Crippen molar-refractivity contribution in [3.8, 4) is 17.0 Å². The number of aromatic nitrogens is 5. The molecule has 1 N–H and O–H groups in total. The first kappa shape index (κ1) is 20.9. The molecule has 3 aromatic heterocycles. The molecule has 0 radical (unpaired) electrons. The Bertz CT molecular complexity index is 1480. The molecule has 0 fully saturated rings. The Morgan fingerprint density at radius 1 is 1.09 bits per heavy atom. The van der Waals surface area contributed by atoms with E-state index < -0.39 is 17.5 Å². The van der Waals surface area contributed by atoms with Crippen LogP contribution in [0.5, 0.6) is 5.75 Å². The van der Waals surface area contributed by atoms with Crippen LogP contribution >= 0.6 is 11.8 Å². The number of carbonyl (C=O) groups is 1. The number of hydrogen-bond donors (Lipinski definition) is 1. The minimum absolute atomic E-state index is 0.0573. The van der Waals surface area contributed by atoms with Gasteiger partial charge in [0.1, 0.15) is 22.9 Å². The summed E-state index contributed by atoms with van der Waals surface area (Å²) in [4.78, 5) is 12.2. The molecule has 0 saturated heterocycles. The maximum Gasteiger partial charge on any atom is 0.234 e. The lowest BCUT2D eigenvalue weighted by molar-refractivity contribution is -0.113. The summed E-state index contributed by atoms with van der Waals surface area (Å²) in [6, 6.07) is 12.3. The van der Waals surface area contributed by atoms with Crippen molar-refractivity contribution < 1.29 is 18.3 Å². The third kappa shape index (κ3) is 4.10. The number of thioether (sulfide) groups is 1. The summed E-state index contributed by atoms with van der Waals surface area (Å²) < 4.78 is 35.7. The van der Waals surface area contributed by atoms with Crippen LogP contribution in [-0.2, 0) is 4.79 Å². The van der Waals surface area contributed by atoms with Gasteiger partial charge in [0.05, 0.1) is 24.2 Å². The fraction of sp³-hybridized carbons (Fsp3) is 0.0909. The van der Waals surface area contributed by atoms with E-state index in [1.807, 2.05) is 30.3 Å². The lowest BCUT2D eigenvalue weighted by Crippen LogP contribution is -2.15. The van der Waals surface area contributed by atoms with Crippen molar-refractivity contribution in [3.63, 3.8) is 0 Å². The van der Waals surface area contributed by atoms with Crippen LogP contribution < -0.4 is 10.1 Å². The van der Waals surface area contributed by atoms with Gasteiger partial charge in [-0.15, -0.1) is 10.2 Å². The number of fused-ring (bicyclic) bond motifs is 3. The summed E-state index contributed by atoms with van der Waals surface area (Å²) in [7, 11) is 1.61. The normalized spacial score (nSPS) is 11.2. The fourth-order valence-corrected chi connectivity index (χ4v) is 4.02. The first-order chi connectivity index (χ1) is 16.0. The molecule has 0 aliphatic heterocycles. The smallest absolute Gasteiger partial charge is 0.234 e. The predicted molar refractivity (Wildman–Crippen MR) is 119 cm³/mol. The molecule has 166 valence electrons. The van der Waals surface area contributed by atoms with Gasteiger partial charge in [0, 0.05) is 24.0 Å². The van der Waals surface area contributed by atoms with Gasteiger partial charge in [-0.1, -0.05) is 11.8 Å². The average molecular weight is 466 g/mol. The van der Waals surface area contributed by atoms with Crippen LogP contribution in [0.1, 0.15) is 0 Å². The number of halogens is 2. The van der Waals surface area contributed by atoms with Gasteiger partial charge < -0.3 is 10.1 Å². The van der Waals surface area contributed by atoms with Gasteiger partial charge in [0.2, 0.25) is 5.91 Å². The highest BCUT2D eigenvalue weighted by Gasteiger charge is 2.15. The molecule has 0 aliphatic carbocycles. The highest BCUT2D eigenvalue weighted by atomic mass is 32.2. The number of anilines is 1. The standard InChI is InChI=1S/C22H16F2N6O2S/c1-32-15-5-2-13(3-6-15)17-11-19-21-26-27-22(29(21)8-9-30(19)28-17)33-12-20(31)25-18-10-14(23)4-7-16(18)24/h2-11H,12H2,1H3,(H,25,31). The zero-order valence-corrected chi connectivity index (χ0v) is 18.0. The van der Waals surface area contributed by atoms with E-state index in [1.165, 1.54) is 0 Å². The summed E-state index contributed by atoms with van der Waals surface area (Å²) >= 11 is 1.13. The van der Waals surface area contributed by atoms with E-state index in [9.17, 15) is 13.6 Å². The molecule has 2 aromatic carbocycles. The second kappa shape index (κ2) is 8.51. The van der Waals surface area contributed by atoms with Crippen LogP contribution in [0.2, 0.25) is 0 Å².